The highest BCUT2D eigenvalue weighted by Crippen LogP contribution is 2.41. The number of nitrogens with one attached hydrogen (secondary N) is 1. The maximum atomic E-state index is 13.8. The molecule has 1 aromatic carbocycles. The number of fused-ring (bicyclic) bond motifs is 1. The molecule has 0 spiro atoms. The van der Waals surface area contributed by atoms with Crippen LogP contribution in [0.1, 0.15) is 18.4 Å². The second-order valence-corrected chi connectivity index (χ2v) is 7.81. The summed E-state index contributed by atoms with van der Waals surface area (Å²) in [4.78, 5) is 28.7. The Bertz CT molecular complexity index is 921. The molecule has 0 aliphatic carbocycles. The first kappa shape index (κ1) is 20.2. The summed E-state index contributed by atoms with van der Waals surface area (Å²) < 4.78 is 19.2. The van der Waals surface area contributed by atoms with Crippen molar-refractivity contribution in [1.82, 2.24) is 15.1 Å². The Morgan fingerprint density at radius 3 is 2.70 bits per heavy atom. The van der Waals surface area contributed by atoms with Crippen LogP contribution >= 0.6 is 0 Å². The number of carbonyl (C=O) groups is 2. The minimum Gasteiger partial charge on any atom is -0.381 e. The van der Waals surface area contributed by atoms with Gasteiger partial charge in [-0.2, -0.15) is 5.26 Å². The summed E-state index contributed by atoms with van der Waals surface area (Å²) >= 11 is 0. The second kappa shape index (κ2) is 8.32. The van der Waals surface area contributed by atoms with Crippen LogP contribution in [0.15, 0.2) is 30.0 Å². The van der Waals surface area contributed by atoms with Crippen LogP contribution in [-0.2, 0) is 9.53 Å². The number of amides is 3. The van der Waals surface area contributed by atoms with Gasteiger partial charge < -0.3 is 25.6 Å². The lowest BCUT2D eigenvalue weighted by Crippen LogP contribution is -2.58. The highest BCUT2D eigenvalue weighted by Gasteiger charge is 2.47. The monoisotopic (exact) mass is 413 g/mol. The summed E-state index contributed by atoms with van der Waals surface area (Å²) in [5.74, 6) is -1.86. The molecule has 9 heteroatoms. The van der Waals surface area contributed by atoms with E-state index in [9.17, 15) is 19.2 Å². The number of nitriles is 1. The molecule has 0 aromatic heterocycles. The number of halogens is 1. The zero-order chi connectivity index (χ0) is 21.3. The zero-order valence-corrected chi connectivity index (χ0v) is 16.5. The number of ether oxygens (including phenoxy) is 1. The van der Waals surface area contributed by atoms with Crippen molar-refractivity contribution >= 4 is 17.5 Å². The van der Waals surface area contributed by atoms with Gasteiger partial charge in [0.2, 0.25) is 5.91 Å². The Balaban J connectivity index is 1.58. The van der Waals surface area contributed by atoms with Gasteiger partial charge in [-0.15, -0.1) is 0 Å². The molecule has 2 saturated heterocycles. The van der Waals surface area contributed by atoms with Gasteiger partial charge in [0.25, 0.3) is 0 Å². The molecule has 30 heavy (non-hydrogen) atoms. The van der Waals surface area contributed by atoms with Crippen molar-refractivity contribution in [2.75, 3.05) is 32.8 Å². The van der Waals surface area contributed by atoms with E-state index in [4.69, 9.17) is 10.5 Å². The van der Waals surface area contributed by atoms with Crippen molar-refractivity contribution in [2.45, 2.75) is 24.9 Å². The van der Waals surface area contributed by atoms with E-state index in [1.165, 1.54) is 18.2 Å². The minimum absolute atomic E-state index is 0.0652. The molecule has 3 aliphatic heterocycles. The van der Waals surface area contributed by atoms with E-state index in [2.05, 4.69) is 11.4 Å². The molecule has 2 unspecified atom stereocenters. The molecule has 0 bridgehead atoms. The number of allylic oxidation sites excluding steroid dienone is 1. The lowest BCUT2D eigenvalue weighted by atomic mass is 9.87. The van der Waals surface area contributed by atoms with E-state index >= 15 is 0 Å². The predicted molar refractivity (Wildman–Crippen MR) is 106 cm³/mol. The number of benzene rings is 1. The topological polar surface area (TPSA) is 112 Å². The van der Waals surface area contributed by atoms with Gasteiger partial charge >= 0.3 is 6.03 Å². The first-order chi connectivity index (χ1) is 14.5. The SMILES string of the molecule is N#CC1=C(c2cccc(F)c2)C(C(N)=O)C2CN(C(=O)NC3CCOCC3)CCN12. The third kappa shape index (κ3) is 3.71. The van der Waals surface area contributed by atoms with Crippen molar-refractivity contribution in [1.29, 1.82) is 5.26 Å². The largest absolute Gasteiger partial charge is 0.381 e. The molecule has 0 saturated carbocycles. The van der Waals surface area contributed by atoms with Crippen LogP contribution in [0, 0.1) is 23.1 Å². The van der Waals surface area contributed by atoms with Gasteiger partial charge in [-0.05, 0) is 30.5 Å². The van der Waals surface area contributed by atoms with Gasteiger partial charge in [0.1, 0.15) is 17.6 Å². The van der Waals surface area contributed by atoms with Crippen LogP contribution in [-0.4, -0.2) is 66.7 Å². The fraction of sp³-hybridized carbons (Fsp3) is 0.476. The summed E-state index contributed by atoms with van der Waals surface area (Å²) in [6, 6.07) is 7.40. The maximum Gasteiger partial charge on any atom is 0.317 e. The van der Waals surface area contributed by atoms with Crippen LogP contribution in [0.25, 0.3) is 5.57 Å². The number of urea groups is 1. The number of piperazine rings is 1. The Labute approximate surface area is 174 Å². The summed E-state index contributed by atoms with van der Waals surface area (Å²) in [5.41, 5.74) is 6.93. The molecule has 4 rings (SSSR count). The Morgan fingerprint density at radius 2 is 2.03 bits per heavy atom. The number of nitrogens with two attached hydrogens (primary N) is 1. The number of hydrogen-bond donors (Lipinski definition) is 2. The van der Waals surface area contributed by atoms with E-state index in [0.29, 0.717) is 43.1 Å². The first-order valence-electron chi connectivity index (χ1n) is 10.1. The number of rotatable bonds is 3. The summed E-state index contributed by atoms with van der Waals surface area (Å²) in [5, 5.41) is 12.8. The molecule has 3 aliphatic rings. The van der Waals surface area contributed by atoms with Crippen molar-refractivity contribution in [3.05, 3.63) is 41.3 Å². The van der Waals surface area contributed by atoms with Crippen LogP contribution in [0.5, 0.6) is 0 Å². The van der Waals surface area contributed by atoms with Gasteiger partial charge in [0.15, 0.2) is 0 Å². The van der Waals surface area contributed by atoms with Gasteiger partial charge in [-0.3, -0.25) is 4.79 Å². The molecule has 3 N–H and O–H groups in total. The van der Waals surface area contributed by atoms with Crippen molar-refractivity contribution < 1.29 is 18.7 Å². The van der Waals surface area contributed by atoms with Gasteiger partial charge in [0.05, 0.1) is 12.0 Å². The van der Waals surface area contributed by atoms with Gasteiger partial charge in [-0.1, -0.05) is 12.1 Å². The number of hydrogen-bond acceptors (Lipinski definition) is 5. The van der Waals surface area contributed by atoms with Crippen molar-refractivity contribution in [2.24, 2.45) is 11.7 Å². The van der Waals surface area contributed by atoms with E-state index in [1.54, 1.807) is 11.0 Å². The Kier molecular flexibility index (Phi) is 5.59. The zero-order valence-electron chi connectivity index (χ0n) is 16.5. The van der Waals surface area contributed by atoms with Gasteiger partial charge in [0, 0.05) is 44.5 Å². The lowest BCUT2D eigenvalue weighted by Gasteiger charge is -2.41. The van der Waals surface area contributed by atoms with Crippen LogP contribution in [0.3, 0.4) is 0 Å². The summed E-state index contributed by atoms with van der Waals surface area (Å²) in [7, 11) is 0. The average Bonchev–Trinajstić information content (AvgIpc) is 3.08. The quantitative estimate of drug-likeness (QED) is 0.769. The highest BCUT2D eigenvalue weighted by molar-refractivity contribution is 5.95. The van der Waals surface area contributed by atoms with Gasteiger partial charge in [-0.25, -0.2) is 9.18 Å². The molecular formula is C21H24FN5O3. The summed E-state index contributed by atoms with van der Waals surface area (Å²) in [6.07, 6.45) is 1.53. The van der Waals surface area contributed by atoms with Crippen LogP contribution in [0.4, 0.5) is 9.18 Å². The van der Waals surface area contributed by atoms with Crippen LogP contribution < -0.4 is 11.1 Å². The van der Waals surface area contributed by atoms with Crippen molar-refractivity contribution in [3.63, 3.8) is 0 Å². The molecule has 8 nitrogen and oxygen atoms in total. The average molecular weight is 413 g/mol. The Hall–Kier alpha value is -3.12. The van der Waals surface area contributed by atoms with Crippen LogP contribution in [0.2, 0.25) is 0 Å². The van der Waals surface area contributed by atoms with E-state index < -0.39 is 23.7 Å². The molecule has 2 atom stereocenters. The van der Waals surface area contributed by atoms with E-state index in [0.717, 1.165) is 12.8 Å². The standard InChI is InChI=1S/C21H24FN5O3/c22-14-3-1-2-13(10-14)18-16(11-23)27-7-6-26(12-17(27)19(18)20(24)28)21(29)25-15-4-8-30-9-5-15/h1-3,10,15,17,19H,4-9,12H2,(H2,24,28)(H,25,29). The smallest absolute Gasteiger partial charge is 0.317 e. The lowest BCUT2D eigenvalue weighted by molar-refractivity contribution is -0.121. The molecular weight excluding hydrogens is 389 g/mol. The van der Waals surface area contributed by atoms with E-state index in [1.807, 2.05) is 4.90 Å². The van der Waals surface area contributed by atoms with Crippen molar-refractivity contribution in [3.8, 4) is 6.07 Å². The highest BCUT2D eigenvalue weighted by atomic mass is 19.1. The number of carbonyl (C=O) groups excluding carboxylic acids is 2. The third-order valence-corrected chi connectivity index (χ3v) is 6.04. The maximum absolute atomic E-state index is 13.8. The fourth-order valence-electron chi connectivity index (χ4n) is 4.59. The predicted octanol–water partition coefficient (Wildman–Crippen LogP) is 1.05. The first-order valence-corrected chi connectivity index (χ1v) is 10.1. The molecule has 1 aromatic rings. The molecule has 0 radical (unpaired) electrons. The molecule has 2 fully saturated rings. The molecule has 158 valence electrons. The second-order valence-electron chi connectivity index (χ2n) is 7.81. The number of nitrogens with zero attached hydrogens (tertiary/aromatic N) is 3. The minimum atomic E-state index is -0.805. The van der Waals surface area contributed by atoms with E-state index in [-0.39, 0.29) is 18.6 Å². The normalized spacial score (nSPS) is 24.4. The molecule has 3 amide bonds. The summed E-state index contributed by atoms with van der Waals surface area (Å²) in [6.45, 7) is 2.32. The fourth-order valence-corrected chi connectivity index (χ4v) is 4.59. The third-order valence-electron chi connectivity index (χ3n) is 6.04. The molecule has 3 heterocycles. The Morgan fingerprint density at radius 1 is 1.27 bits per heavy atom. The number of primary amides is 1.